The van der Waals surface area contributed by atoms with Gasteiger partial charge in [0.1, 0.15) is 6.04 Å². The van der Waals surface area contributed by atoms with Crippen LogP contribution in [-0.2, 0) is 16.0 Å². The van der Waals surface area contributed by atoms with Crippen molar-refractivity contribution in [2.45, 2.75) is 31.2 Å². The van der Waals surface area contributed by atoms with Crippen LogP contribution in [-0.4, -0.2) is 34.7 Å². The maximum Gasteiger partial charge on any atom is 0.328 e. The molecule has 1 unspecified atom stereocenters. The van der Waals surface area contributed by atoms with Crippen molar-refractivity contribution < 1.29 is 19.8 Å². The first kappa shape index (κ1) is 13.5. The molecule has 0 aliphatic heterocycles. The Bertz CT molecular complexity index is 486. The summed E-state index contributed by atoms with van der Waals surface area (Å²) in [5, 5.41) is 20.2. The molecule has 5 nitrogen and oxygen atoms in total. The van der Waals surface area contributed by atoms with E-state index in [4.69, 9.17) is 10.2 Å². The van der Waals surface area contributed by atoms with Crippen molar-refractivity contribution >= 4 is 11.9 Å². The summed E-state index contributed by atoms with van der Waals surface area (Å²) in [7, 11) is 0. The molecule has 19 heavy (non-hydrogen) atoms. The molecule has 102 valence electrons. The molecule has 2 atom stereocenters. The molecule has 1 aliphatic rings. The van der Waals surface area contributed by atoms with E-state index in [0.717, 1.165) is 24.0 Å². The molecular formula is C14H17NO4. The highest BCUT2D eigenvalue weighted by Gasteiger charge is 2.29. The number of carbonyl (C=O) groups is 2. The molecule has 0 heterocycles. The molecule has 0 fully saturated rings. The number of benzene rings is 1. The minimum absolute atomic E-state index is 0.321. The third kappa shape index (κ3) is 2.93. The number of carboxylic acid groups (broad SMARTS) is 1. The minimum atomic E-state index is -1.23. The van der Waals surface area contributed by atoms with Gasteiger partial charge in [0, 0.05) is 0 Å². The normalized spacial score (nSPS) is 19.3. The van der Waals surface area contributed by atoms with Gasteiger partial charge in [0.25, 0.3) is 0 Å². The zero-order valence-corrected chi connectivity index (χ0v) is 10.5. The van der Waals surface area contributed by atoms with Crippen LogP contribution in [0.3, 0.4) is 0 Å². The van der Waals surface area contributed by atoms with Gasteiger partial charge in [-0.25, -0.2) is 4.79 Å². The van der Waals surface area contributed by atoms with Gasteiger partial charge >= 0.3 is 5.97 Å². The quantitative estimate of drug-likeness (QED) is 0.745. The van der Waals surface area contributed by atoms with Gasteiger partial charge < -0.3 is 15.5 Å². The fraction of sp³-hybridized carbons (Fsp3) is 0.429. The van der Waals surface area contributed by atoms with Gasteiger partial charge in [-0.1, -0.05) is 24.3 Å². The number of aliphatic hydroxyl groups excluding tert-OH is 1. The van der Waals surface area contributed by atoms with Gasteiger partial charge in [0.15, 0.2) is 0 Å². The fourth-order valence-electron chi connectivity index (χ4n) is 2.48. The summed E-state index contributed by atoms with van der Waals surface area (Å²) in [6.45, 7) is -0.602. The van der Waals surface area contributed by atoms with Crippen molar-refractivity contribution in [3.05, 3.63) is 35.4 Å². The van der Waals surface area contributed by atoms with Gasteiger partial charge in [0.05, 0.1) is 12.5 Å². The van der Waals surface area contributed by atoms with Crippen LogP contribution in [0.25, 0.3) is 0 Å². The first-order valence-corrected chi connectivity index (χ1v) is 6.35. The van der Waals surface area contributed by atoms with E-state index in [9.17, 15) is 9.59 Å². The summed E-state index contributed by atoms with van der Waals surface area (Å²) in [5.74, 6) is -1.87. The molecule has 3 N–H and O–H groups in total. The fourth-order valence-corrected chi connectivity index (χ4v) is 2.48. The predicted octanol–water partition coefficient (Wildman–Crippen LogP) is 0.668. The second kappa shape index (κ2) is 5.84. The number of nitrogens with one attached hydrogen (secondary N) is 1. The van der Waals surface area contributed by atoms with E-state index in [1.807, 2.05) is 24.3 Å². The lowest BCUT2D eigenvalue weighted by Gasteiger charge is -2.25. The Labute approximate surface area is 111 Å². The Morgan fingerprint density at radius 2 is 2.11 bits per heavy atom. The number of rotatable bonds is 4. The second-order valence-corrected chi connectivity index (χ2v) is 4.73. The number of carboxylic acids is 1. The van der Waals surface area contributed by atoms with E-state index in [-0.39, 0.29) is 11.8 Å². The molecule has 0 radical (unpaired) electrons. The summed E-state index contributed by atoms with van der Waals surface area (Å²) >= 11 is 0. The van der Waals surface area contributed by atoms with Gasteiger partial charge in [0.2, 0.25) is 5.91 Å². The molecule has 0 saturated heterocycles. The Balaban J connectivity index is 2.15. The van der Waals surface area contributed by atoms with Crippen LogP contribution in [0.15, 0.2) is 24.3 Å². The van der Waals surface area contributed by atoms with Crippen molar-refractivity contribution in [2.75, 3.05) is 6.61 Å². The van der Waals surface area contributed by atoms with Crippen LogP contribution in [0.4, 0.5) is 0 Å². The first-order chi connectivity index (χ1) is 9.13. The SMILES string of the molecule is O=C(N[C@@H](CO)C(=O)O)C1CCCc2ccccc21. The lowest BCUT2D eigenvalue weighted by atomic mass is 9.82. The van der Waals surface area contributed by atoms with E-state index >= 15 is 0 Å². The average molecular weight is 263 g/mol. The average Bonchev–Trinajstić information content (AvgIpc) is 2.43. The number of aryl methyl sites for hydroxylation is 1. The van der Waals surface area contributed by atoms with Crippen LogP contribution in [0.2, 0.25) is 0 Å². The van der Waals surface area contributed by atoms with Gasteiger partial charge in [-0.05, 0) is 30.4 Å². The number of amides is 1. The molecule has 1 aromatic carbocycles. The Hall–Kier alpha value is -1.88. The van der Waals surface area contributed by atoms with Crippen LogP contribution >= 0.6 is 0 Å². The highest BCUT2D eigenvalue weighted by Crippen LogP contribution is 2.31. The number of hydrogen-bond acceptors (Lipinski definition) is 3. The molecule has 0 spiro atoms. The zero-order chi connectivity index (χ0) is 13.8. The molecule has 5 heteroatoms. The van der Waals surface area contributed by atoms with Gasteiger partial charge in [-0.15, -0.1) is 0 Å². The number of aliphatic carboxylic acids is 1. The molecule has 0 saturated carbocycles. The van der Waals surface area contributed by atoms with E-state index in [0.29, 0.717) is 6.42 Å². The summed E-state index contributed by atoms with van der Waals surface area (Å²) in [5.41, 5.74) is 2.11. The maximum atomic E-state index is 12.1. The van der Waals surface area contributed by atoms with Gasteiger partial charge in [-0.2, -0.15) is 0 Å². The lowest BCUT2D eigenvalue weighted by Crippen LogP contribution is -2.45. The highest BCUT2D eigenvalue weighted by atomic mass is 16.4. The topological polar surface area (TPSA) is 86.6 Å². The van der Waals surface area contributed by atoms with Crippen molar-refractivity contribution in [1.82, 2.24) is 5.32 Å². The molecule has 1 aliphatic carbocycles. The van der Waals surface area contributed by atoms with Gasteiger partial charge in [-0.3, -0.25) is 4.79 Å². The number of aliphatic hydroxyl groups is 1. The number of carbonyl (C=O) groups excluding carboxylic acids is 1. The molecule has 0 bridgehead atoms. The number of hydrogen-bond donors (Lipinski definition) is 3. The summed E-state index contributed by atoms with van der Waals surface area (Å²) in [4.78, 5) is 23.0. The third-order valence-corrected chi connectivity index (χ3v) is 3.48. The Morgan fingerprint density at radius 3 is 2.79 bits per heavy atom. The van der Waals surface area contributed by atoms with E-state index in [1.54, 1.807) is 0 Å². The zero-order valence-electron chi connectivity index (χ0n) is 10.5. The van der Waals surface area contributed by atoms with Crippen molar-refractivity contribution in [1.29, 1.82) is 0 Å². The summed E-state index contributed by atoms with van der Waals surface area (Å²) in [6.07, 6.45) is 2.56. The summed E-state index contributed by atoms with van der Waals surface area (Å²) in [6, 6.07) is 6.49. The predicted molar refractivity (Wildman–Crippen MR) is 68.8 cm³/mol. The minimum Gasteiger partial charge on any atom is -0.480 e. The lowest BCUT2D eigenvalue weighted by molar-refractivity contribution is -0.143. The second-order valence-electron chi connectivity index (χ2n) is 4.73. The van der Waals surface area contributed by atoms with Crippen LogP contribution in [0.1, 0.15) is 29.9 Å². The third-order valence-electron chi connectivity index (χ3n) is 3.48. The standard InChI is InChI=1S/C14H17NO4/c16-8-12(14(18)19)15-13(17)11-7-3-5-9-4-1-2-6-10(9)11/h1-2,4,6,11-12,16H,3,5,7-8H2,(H,15,17)(H,18,19)/t11?,12-/m0/s1. The van der Waals surface area contributed by atoms with E-state index in [1.165, 1.54) is 0 Å². The largest absolute Gasteiger partial charge is 0.480 e. The van der Waals surface area contributed by atoms with Crippen LogP contribution in [0, 0.1) is 0 Å². The Morgan fingerprint density at radius 1 is 1.37 bits per heavy atom. The van der Waals surface area contributed by atoms with Crippen molar-refractivity contribution in [3.8, 4) is 0 Å². The molecule has 1 aromatic rings. The van der Waals surface area contributed by atoms with Crippen LogP contribution in [0.5, 0.6) is 0 Å². The summed E-state index contributed by atoms with van der Waals surface area (Å²) < 4.78 is 0. The Kier molecular flexibility index (Phi) is 4.16. The maximum absolute atomic E-state index is 12.1. The van der Waals surface area contributed by atoms with Crippen molar-refractivity contribution in [3.63, 3.8) is 0 Å². The smallest absolute Gasteiger partial charge is 0.328 e. The van der Waals surface area contributed by atoms with Crippen LogP contribution < -0.4 is 5.32 Å². The molecule has 0 aromatic heterocycles. The van der Waals surface area contributed by atoms with E-state index < -0.39 is 18.6 Å². The highest BCUT2D eigenvalue weighted by molar-refractivity contribution is 5.88. The van der Waals surface area contributed by atoms with Crippen molar-refractivity contribution in [2.24, 2.45) is 0 Å². The molecule has 2 rings (SSSR count). The number of fused-ring (bicyclic) bond motifs is 1. The molecular weight excluding hydrogens is 246 g/mol. The monoisotopic (exact) mass is 263 g/mol. The molecule has 1 amide bonds. The first-order valence-electron chi connectivity index (χ1n) is 6.35. The van der Waals surface area contributed by atoms with E-state index in [2.05, 4.69) is 5.32 Å².